The summed E-state index contributed by atoms with van der Waals surface area (Å²) < 4.78 is 1.53. The molecule has 0 aliphatic carbocycles. The SMILES string of the molecule is Cc1cnc(Cn2ccc(C)c(C(=O)N3CCC3c3cccs3)c2=O)cn1. The zero-order valence-corrected chi connectivity index (χ0v) is 16.1. The molecule has 138 valence electrons. The van der Waals surface area contributed by atoms with Crippen molar-refractivity contribution in [2.45, 2.75) is 32.9 Å². The van der Waals surface area contributed by atoms with Crippen molar-refractivity contribution in [3.63, 3.8) is 0 Å². The lowest BCUT2D eigenvalue weighted by atomic mass is 9.98. The van der Waals surface area contributed by atoms with Crippen LogP contribution in [0, 0.1) is 13.8 Å². The smallest absolute Gasteiger partial charge is 0.264 e. The third-order valence-electron chi connectivity index (χ3n) is 4.91. The number of hydrogen-bond acceptors (Lipinski definition) is 5. The minimum Gasteiger partial charge on any atom is -0.330 e. The molecule has 3 aromatic rings. The van der Waals surface area contributed by atoms with Crippen LogP contribution in [0.1, 0.15) is 44.6 Å². The van der Waals surface area contributed by atoms with Gasteiger partial charge >= 0.3 is 0 Å². The molecule has 0 spiro atoms. The van der Waals surface area contributed by atoms with Gasteiger partial charge in [0.2, 0.25) is 0 Å². The third kappa shape index (κ3) is 3.30. The molecule has 0 aromatic carbocycles. The summed E-state index contributed by atoms with van der Waals surface area (Å²) in [6.07, 6.45) is 5.98. The number of aromatic nitrogens is 3. The minimum absolute atomic E-state index is 0.0768. The van der Waals surface area contributed by atoms with Crippen LogP contribution in [0.5, 0.6) is 0 Å². The highest BCUT2D eigenvalue weighted by atomic mass is 32.1. The molecule has 1 fully saturated rings. The van der Waals surface area contributed by atoms with Crippen LogP contribution >= 0.6 is 11.3 Å². The number of carbonyl (C=O) groups is 1. The lowest BCUT2D eigenvalue weighted by molar-refractivity contribution is 0.0464. The number of carbonyl (C=O) groups excluding carboxylic acids is 1. The van der Waals surface area contributed by atoms with E-state index in [0.717, 1.165) is 12.1 Å². The fourth-order valence-electron chi connectivity index (χ4n) is 3.28. The number of rotatable bonds is 4. The Morgan fingerprint density at radius 3 is 2.74 bits per heavy atom. The molecule has 1 unspecified atom stereocenters. The van der Waals surface area contributed by atoms with Crippen molar-refractivity contribution in [3.8, 4) is 0 Å². The molecule has 1 atom stereocenters. The summed E-state index contributed by atoms with van der Waals surface area (Å²) in [6, 6.07) is 5.93. The van der Waals surface area contributed by atoms with E-state index < -0.39 is 0 Å². The van der Waals surface area contributed by atoms with Gasteiger partial charge < -0.3 is 9.47 Å². The van der Waals surface area contributed by atoms with Crippen LogP contribution in [0.2, 0.25) is 0 Å². The van der Waals surface area contributed by atoms with Gasteiger partial charge in [0.1, 0.15) is 5.56 Å². The standard InChI is InChI=1S/C20H20N4O2S/c1-13-5-7-23(12-15-11-21-14(2)10-22-15)19(25)18(13)20(26)24-8-6-16(24)17-4-3-9-27-17/h3-5,7,9-11,16H,6,8,12H2,1-2H3. The van der Waals surface area contributed by atoms with E-state index >= 15 is 0 Å². The topological polar surface area (TPSA) is 68.1 Å². The second-order valence-corrected chi connectivity index (χ2v) is 7.75. The molecule has 0 radical (unpaired) electrons. The maximum Gasteiger partial charge on any atom is 0.264 e. The van der Waals surface area contributed by atoms with Gasteiger partial charge in [-0.15, -0.1) is 11.3 Å². The summed E-state index contributed by atoms with van der Waals surface area (Å²) in [5.74, 6) is -0.188. The zero-order valence-electron chi connectivity index (χ0n) is 15.3. The quantitative estimate of drug-likeness (QED) is 0.698. The maximum atomic E-state index is 13.1. The van der Waals surface area contributed by atoms with Crippen LogP contribution in [-0.2, 0) is 6.54 Å². The molecule has 3 aromatic heterocycles. The van der Waals surface area contributed by atoms with E-state index in [1.807, 2.05) is 37.4 Å². The van der Waals surface area contributed by atoms with Gasteiger partial charge in [-0.25, -0.2) is 0 Å². The fraction of sp³-hybridized carbons (Fsp3) is 0.300. The first-order valence-corrected chi connectivity index (χ1v) is 9.74. The summed E-state index contributed by atoms with van der Waals surface area (Å²) in [6.45, 7) is 4.65. The predicted molar refractivity (Wildman–Crippen MR) is 104 cm³/mol. The number of aryl methyl sites for hydroxylation is 2. The van der Waals surface area contributed by atoms with Crippen LogP contribution in [0.4, 0.5) is 0 Å². The molecule has 4 rings (SSSR count). The van der Waals surface area contributed by atoms with Crippen LogP contribution in [0.15, 0.2) is 47.0 Å². The molecule has 1 amide bonds. The third-order valence-corrected chi connectivity index (χ3v) is 5.88. The first kappa shape index (κ1) is 17.6. The average Bonchev–Trinajstić information content (AvgIpc) is 3.12. The van der Waals surface area contributed by atoms with Crippen LogP contribution in [0.3, 0.4) is 0 Å². The number of likely N-dealkylation sites (tertiary alicyclic amines) is 1. The molecule has 27 heavy (non-hydrogen) atoms. The first-order chi connectivity index (χ1) is 13.0. The van der Waals surface area contributed by atoms with Crippen molar-refractivity contribution >= 4 is 17.2 Å². The monoisotopic (exact) mass is 380 g/mol. The minimum atomic E-state index is -0.279. The van der Waals surface area contributed by atoms with E-state index in [1.165, 1.54) is 9.44 Å². The normalized spacial score (nSPS) is 16.2. The Bertz CT molecular complexity index is 1030. The van der Waals surface area contributed by atoms with Crippen LogP contribution in [0.25, 0.3) is 0 Å². The second kappa shape index (κ2) is 7.08. The molecule has 0 N–H and O–H groups in total. The number of amides is 1. The Kier molecular flexibility index (Phi) is 4.61. The number of nitrogens with zero attached hydrogens (tertiary/aromatic N) is 4. The molecule has 1 aliphatic rings. The van der Waals surface area contributed by atoms with E-state index in [-0.39, 0.29) is 23.1 Å². The first-order valence-electron chi connectivity index (χ1n) is 8.86. The summed E-state index contributed by atoms with van der Waals surface area (Å²) in [4.78, 5) is 37.6. The maximum absolute atomic E-state index is 13.1. The highest BCUT2D eigenvalue weighted by Crippen LogP contribution is 2.36. The van der Waals surface area contributed by atoms with Gasteiger partial charge in [-0.2, -0.15) is 0 Å². The Labute approximate surface area is 161 Å². The van der Waals surface area contributed by atoms with Gasteiger partial charge in [0, 0.05) is 23.8 Å². The van der Waals surface area contributed by atoms with Gasteiger partial charge in [-0.05, 0) is 43.3 Å². The van der Waals surface area contributed by atoms with E-state index in [0.29, 0.717) is 24.3 Å². The summed E-state index contributed by atoms with van der Waals surface area (Å²) >= 11 is 1.65. The lowest BCUT2D eigenvalue weighted by Gasteiger charge is -2.40. The van der Waals surface area contributed by atoms with Gasteiger partial charge in [0.25, 0.3) is 11.5 Å². The van der Waals surface area contributed by atoms with E-state index in [2.05, 4.69) is 9.97 Å². The number of hydrogen-bond donors (Lipinski definition) is 0. The van der Waals surface area contributed by atoms with E-state index in [1.54, 1.807) is 34.8 Å². The van der Waals surface area contributed by atoms with E-state index in [9.17, 15) is 9.59 Å². The highest BCUT2D eigenvalue weighted by Gasteiger charge is 2.36. The molecule has 0 saturated carbocycles. The van der Waals surface area contributed by atoms with Crippen LogP contribution < -0.4 is 5.56 Å². The number of thiophene rings is 1. The van der Waals surface area contributed by atoms with Crippen LogP contribution in [-0.4, -0.2) is 31.9 Å². The largest absolute Gasteiger partial charge is 0.330 e. The highest BCUT2D eigenvalue weighted by molar-refractivity contribution is 7.10. The van der Waals surface area contributed by atoms with Gasteiger partial charge in [-0.1, -0.05) is 6.07 Å². The van der Waals surface area contributed by atoms with Crippen molar-refractivity contribution in [2.75, 3.05) is 6.54 Å². The Balaban J connectivity index is 1.63. The van der Waals surface area contributed by atoms with Crippen molar-refractivity contribution in [1.82, 2.24) is 19.4 Å². The predicted octanol–water partition coefficient (Wildman–Crippen LogP) is 2.95. The summed E-state index contributed by atoms with van der Waals surface area (Å²) in [7, 11) is 0. The molecule has 4 heterocycles. The van der Waals surface area contributed by atoms with E-state index in [4.69, 9.17) is 0 Å². The molecule has 6 nitrogen and oxygen atoms in total. The molecule has 1 aliphatic heterocycles. The molecular formula is C20H20N4O2S. The Hall–Kier alpha value is -2.80. The Morgan fingerprint density at radius 2 is 2.11 bits per heavy atom. The van der Waals surface area contributed by atoms with Gasteiger partial charge in [0.15, 0.2) is 0 Å². The summed E-state index contributed by atoms with van der Waals surface area (Å²) in [5.41, 5.74) is 2.18. The van der Waals surface area contributed by atoms with Crippen molar-refractivity contribution < 1.29 is 4.79 Å². The molecular weight excluding hydrogens is 360 g/mol. The Morgan fingerprint density at radius 1 is 1.26 bits per heavy atom. The molecule has 7 heteroatoms. The van der Waals surface area contributed by atoms with Crippen molar-refractivity contribution in [1.29, 1.82) is 0 Å². The molecule has 1 saturated heterocycles. The van der Waals surface area contributed by atoms with Gasteiger partial charge in [0.05, 0.1) is 30.2 Å². The van der Waals surface area contributed by atoms with Crippen molar-refractivity contribution in [2.24, 2.45) is 0 Å². The second-order valence-electron chi connectivity index (χ2n) is 6.77. The average molecular weight is 380 g/mol. The zero-order chi connectivity index (χ0) is 19.0. The number of pyridine rings is 1. The van der Waals surface area contributed by atoms with Gasteiger partial charge in [-0.3, -0.25) is 19.6 Å². The lowest BCUT2D eigenvalue weighted by Crippen LogP contribution is -2.47. The fourth-order valence-corrected chi connectivity index (χ4v) is 4.15. The molecule has 0 bridgehead atoms. The van der Waals surface area contributed by atoms with Crippen molar-refractivity contribution in [3.05, 3.63) is 79.9 Å². The summed E-state index contributed by atoms with van der Waals surface area (Å²) in [5, 5.41) is 2.01.